The predicted octanol–water partition coefficient (Wildman–Crippen LogP) is 2.97. The predicted molar refractivity (Wildman–Crippen MR) is 88.7 cm³/mol. The Bertz CT molecular complexity index is 860. The van der Waals surface area contributed by atoms with E-state index in [-0.39, 0.29) is 37.1 Å². The monoisotopic (exact) mass is 356 g/mol. The number of ketones is 1. The van der Waals surface area contributed by atoms with Crippen LogP contribution in [0.15, 0.2) is 24.0 Å². The van der Waals surface area contributed by atoms with Gasteiger partial charge in [0.2, 0.25) is 6.79 Å². The first kappa shape index (κ1) is 14.9. The Morgan fingerprint density at radius 3 is 2.69 bits per heavy atom. The van der Waals surface area contributed by atoms with E-state index >= 15 is 0 Å². The number of carbonyl (C=O) groups is 1. The molecule has 26 heavy (non-hydrogen) atoms. The van der Waals surface area contributed by atoms with Crippen LogP contribution in [0.4, 0.5) is 0 Å². The molecule has 2 aliphatic carbocycles. The summed E-state index contributed by atoms with van der Waals surface area (Å²) in [6, 6.07) is 3.92. The molecule has 0 N–H and O–H groups in total. The highest BCUT2D eigenvalue weighted by Crippen LogP contribution is 2.63. The maximum absolute atomic E-state index is 12.8. The first-order chi connectivity index (χ1) is 12.6. The summed E-state index contributed by atoms with van der Waals surface area (Å²) in [7, 11) is 0. The summed E-state index contributed by atoms with van der Waals surface area (Å²) in [6.07, 6.45) is 2.44. The Labute approximate surface area is 151 Å². The molecule has 1 aromatic rings. The molecular weight excluding hydrogens is 336 g/mol. The van der Waals surface area contributed by atoms with E-state index in [0.29, 0.717) is 23.3 Å². The Morgan fingerprint density at radius 1 is 1.04 bits per heavy atom. The standard InChI is InChI=1S/C20H20O6/c1-9-3-11-13(21)5-17-20(25-8-24-17)19(11)18(10(9)2)12-4-15-16(23-7-22-15)6-14(12)26-20/h4-6,9-11,18-19H,3,7-8H2,1-2H3/t9-,10-,11-,18+,19+,20-/m0/s1. The molecule has 0 aromatic heterocycles. The second-order valence-corrected chi connectivity index (χ2v) is 8.06. The van der Waals surface area contributed by atoms with Gasteiger partial charge in [0, 0.05) is 35.5 Å². The summed E-state index contributed by atoms with van der Waals surface area (Å²) in [5.41, 5.74) is 1.08. The molecule has 3 heterocycles. The largest absolute Gasteiger partial charge is 0.465 e. The molecule has 1 spiro atoms. The normalized spacial score (nSPS) is 41.4. The summed E-state index contributed by atoms with van der Waals surface area (Å²) in [5.74, 6) is 2.54. The molecule has 2 fully saturated rings. The van der Waals surface area contributed by atoms with Crippen molar-refractivity contribution in [1.82, 2.24) is 0 Å². The van der Waals surface area contributed by atoms with Crippen molar-refractivity contribution in [2.45, 2.75) is 32.0 Å². The number of rotatable bonds is 0. The minimum absolute atomic E-state index is 0.0865. The third-order valence-corrected chi connectivity index (χ3v) is 6.94. The molecule has 6 heteroatoms. The average Bonchev–Trinajstić information content (AvgIpc) is 3.23. The maximum atomic E-state index is 12.8. The molecule has 6 rings (SSSR count). The highest BCUT2D eigenvalue weighted by molar-refractivity contribution is 5.94. The number of allylic oxidation sites excluding steroid dienone is 1. The second-order valence-electron chi connectivity index (χ2n) is 8.06. The van der Waals surface area contributed by atoms with Crippen LogP contribution in [-0.4, -0.2) is 25.2 Å². The zero-order valence-corrected chi connectivity index (χ0v) is 14.7. The van der Waals surface area contributed by atoms with Gasteiger partial charge in [-0.2, -0.15) is 0 Å². The second kappa shape index (κ2) is 4.74. The van der Waals surface area contributed by atoms with Crippen LogP contribution in [-0.2, 0) is 14.3 Å². The lowest BCUT2D eigenvalue weighted by Crippen LogP contribution is -2.60. The van der Waals surface area contributed by atoms with E-state index in [1.54, 1.807) is 6.08 Å². The quantitative estimate of drug-likeness (QED) is 0.712. The number of carbonyl (C=O) groups excluding carboxylic acids is 1. The first-order valence-electron chi connectivity index (χ1n) is 9.24. The van der Waals surface area contributed by atoms with Gasteiger partial charge in [-0.05, 0) is 24.3 Å². The Kier molecular flexibility index (Phi) is 2.72. The van der Waals surface area contributed by atoms with Gasteiger partial charge < -0.3 is 18.9 Å². The number of ether oxygens (including phenoxy) is 5. The van der Waals surface area contributed by atoms with E-state index in [9.17, 15) is 4.79 Å². The summed E-state index contributed by atoms with van der Waals surface area (Å²) < 4.78 is 29.3. The van der Waals surface area contributed by atoms with Crippen LogP contribution in [0.2, 0.25) is 0 Å². The number of benzene rings is 1. The van der Waals surface area contributed by atoms with Crippen LogP contribution >= 0.6 is 0 Å². The molecule has 1 saturated carbocycles. The van der Waals surface area contributed by atoms with Crippen molar-refractivity contribution in [1.29, 1.82) is 0 Å². The summed E-state index contributed by atoms with van der Waals surface area (Å²) in [5, 5.41) is 0. The molecule has 6 nitrogen and oxygen atoms in total. The number of hydrogen-bond acceptors (Lipinski definition) is 6. The molecule has 1 saturated heterocycles. The summed E-state index contributed by atoms with van der Waals surface area (Å²) >= 11 is 0. The van der Waals surface area contributed by atoms with Crippen LogP contribution in [0.5, 0.6) is 17.2 Å². The van der Waals surface area contributed by atoms with Crippen molar-refractivity contribution in [3.8, 4) is 17.2 Å². The molecule has 5 aliphatic rings. The van der Waals surface area contributed by atoms with E-state index in [1.165, 1.54) is 0 Å². The van der Waals surface area contributed by atoms with Crippen molar-refractivity contribution in [3.63, 3.8) is 0 Å². The fraction of sp³-hybridized carbons (Fsp3) is 0.550. The first-order valence-corrected chi connectivity index (χ1v) is 9.24. The van der Waals surface area contributed by atoms with E-state index in [4.69, 9.17) is 23.7 Å². The van der Waals surface area contributed by atoms with Crippen molar-refractivity contribution in [3.05, 3.63) is 29.5 Å². The van der Waals surface area contributed by atoms with Crippen molar-refractivity contribution in [2.24, 2.45) is 23.7 Å². The minimum atomic E-state index is -1.00. The molecule has 0 amide bonds. The molecule has 136 valence electrons. The van der Waals surface area contributed by atoms with E-state index in [2.05, 4.69) is 13.8 Å². The minimum Gasteiger partial charge on any atom is -0.465 e. The molecule has 0 bridgehead atoms. The third kappa shape index (κ3) is 1.64. The highest BCUT2D eigenvalue weighted by Gasteiger charge is 2.66. The van der Waals surface area contributed by atoms with Crippen molar-refractivity contribution < 1.29 is 28.5 Å². The van der Waals surface area contributed by atoms with Crippen LogP contribution in [0.1, 0.15) is 31.7 Å². The van der Waals surface area contributed by atoms with Crippen LogP contribution < -0.4 is 14.2 Å². The molecule has 0 unspecified atom stereocenters. The van der Waals surface area contributed by atoms with Gasteiger partial charge in [-0.15, -0.1) is 0 Å². The summed E-state index contributed by atoms with van der Waals surface area (Å²) in [4.78, 5) is 12.8. The zero-order valence-electron chi connectivity index (χ0n) is 14.7. The van der Waals surface area contributed by atoms with E-state index in [0.717, 1.165) is 23.5 Å². The van der Waals surface area contributed by atoms with Crippen molar-refractivity contribution in [2.75, 3.05) is 13.6 Å². The fourth-order valence-corrected chi connectivity index (χ4v) is 5.55. The van der Waals surface area contributed by atoms with Gasteiger partial charge in [-0.25, -0.2) is 0 Å². The maximum Gasteiger partial charge on any atom is 0.276 e. The van der Waals surface area contributed by atoms with Gasteiger partial charge in [-0.1, -0.05) is 13.8 Å². The summed E-state index contributed by atoms with van der Waals surface area (Å²) in [6.45, 7) is 4.82. The lowest BCUT2D eigenvalue weighted by molar-refractivity contribution is -0.212. The Balaban J connectivity index is 1.61. The SMILES string of the molecule is C[C@@H]1[C@@H]2c3cc4c(cc3O[C@@]35OCOC3=CC(=O)[C@H](C[C@@H]1C)[C@H]25)OCO4. The fourth-order valence-electron chi connectivity index (χ4n) is 5.55. The average molecular weight is 356 g/mol. The highest BCUT2D eigenvalue weighted by atomic mass is 16.8. The number of fused-ring (bicyclic) bond motifs is 3. The Hall–Kier alpha value is -2.21. The molecule has 3 aliphatic heterocycles. The molecule has 6 atom stereocenters. The van der Waals surface area contributed by atoms with Gasteiger partial charge in [0.1, 0.15) is 5.75 Å². The lowest BCUT2D eigenvalue weighted by atomic mass is 9.55. The smallest absolute Gasteiger partial charge is 0.276 e. The third-order valence-electron chi connectivity index (χ3n) is 6.94. The van der Waals surface area contributed by atoms with Gasteiger partial charge in [0.05, 0.1) is 0 Å². The van der Waals surface area contributed by atoms with Crippen LogP contribution in [0.25, 0.3) is 0 Å². The topological polar surface area (TPSA) is 63.2 Å². The van der Waals surface area contributed by atoms with Gasteiger partial charge in [0.15, 0.2) is 29.8 Å². The molecule has 0 radical (unpaired) electrons. The van der Waals surface area contributed by atoms with E-state index in [1.807, 2.05) is 12.1 Å². The van der Waals surface area contributed by atoms with Gasteiger partial charge in [0.25, 0.3) is 5.79 Å². The van der Waals surface area contributed by atoms with E-state index < -0.39 is 5.79 Å². The number of hydrogen-bond donors (Lipinski definition) is 0. The van der Waals surface area contributed by atoms with Crippen LogP contribution in [0.3, 0.4) is 0 Å². The molecule has 1 aromatic carbocycles. The Morgan fingerprint density at radius 2 is 1.85 bits per heavy atom. The van der Waals surface area contributed by atoms with Gasteiger partial charge in [-0.3, -0.25) is 9.53 Å². The zero-order chi connectivity index (χ0) is 17.6. The lowest BCUT2D eigenvalue weighted by Gasteiger charge is -2.54. The van der Waals surface area contributed by atoms with Crippen molar-refractivity contribution >= 4 is 5.78 Å². The van der Waals surface area contributed by atoms with Crippen LogP contribution in [0, 0.1) is 23.7 Å². The molecular formula is C20H20O6. The van der Waals surface area contributed by atoms with Gasteiger partial charge >= 0.3 is 0 Å².